The molecule has 0 radical (unpaired) electrons. The number of hydrogen-bond donors (Lipinski definition) is 4. The third-order valence-electron chi connectivity index (χ3n) is 9.06. The van der Waals surface area contributed by atoms with Crippen LogP contribution < -0.4 is 32.4 Å². The molecule has 0 aromatic heterocycles. The van der Waals surface area contributed by atoms with Crippen molar-refractivity contribution in [3.8, 4) is 0 Å². The Bertz CT molecular complexity index is 1920. The van der Waals surface area contributed by atoms with Crippen molar-refractivity contribution in [3.63, 3.8) is 0 Å². The summed E-state index contributed by atoms with van der Waals surface area (Å²) in [5.41, 5.74) is 16.4. The third-order valence-corrected chi connectivity index (χ3v) is 26.7. The normalized spacial score (nSPS) is 16.4. The second-order valence-electron chi connectivity index (χ2n) is 11.9. The number of hydrogen-bond acceptors (Lipinski definition) is 7. The fourth-order valence-corrected chi connectivity index (χ4v) is 22.0. The SMILES string of the molecule is CC[NH+](CC)CC.Nc1ccccc1C(=O)N[O][Sb-]1([c]2ccc(Cl)cc2)([c]2ccc(Cl)cc2)([c]2ccc(Cl)cc2)[O]N=C(c2ccccc2N)[O]1. The van der Waals surface area contributed by atoms with Crippen LogP contribution in [-0.2, 0) is 9.25 Å². The number of rotatable bonds is 10. The van der Waals surface area contributed by atoms with Crippen LogP contribution in [0.4, 0.5) is 11.4 Å². The van der Waals surface area contributed by atoms with E-state index in [4.69, 9.17) is 55.5 Å². The standard InChI is InChI=1S/C7H8N2O2.C7H7N2O2.3C6H4Cl.C6H15N.Sb/c2*8-6-4-2-1-3-5(6)7(10)9-11;3*7-6-4-2-1-3-5-6;1-4-7(5-2)6-3;/h1-4,11H,8H2,(H,9,10);1-4H,(H3-,8,9,10,11);3*2-5H;4-6H2,1-3H3;/q;-1;;;;;+2/p-1. The van der Waals surface area contributed by atoms with Crippen molar-refractivity contribution < 1.29 is 18.9 Å². The van der Waals surface area contributed by atoms with Crippen LogP contribution in [0.2, 0.25) is 15.1 Å². The van der Waals surface area contributed by atoms with Crippen LogP contribution in [0.3, 0.4) is 0 Å². The summed E-state index contributed by atoms with van der Waals surface area (Å²) < 4.78 is 22.2. The zero-order valence-corrected chi connectivity index (χ0v) is 33.3. The van der Waals surface area contributed by atoms with E-state index >= 15 is 0 Å². The number of carbonyl (C=O) groups is 1. The summed E-state index contributed by atoms with van der Waals surface area (Å²) in [7, 11) is 0. The predicted octanol–water partition coefficient (Wildman–Crippen LogP) is 5.38. The van der Waals surface area contributed by atoms with Gasteiger partial charge in [0.1, 0.15) is 0 Å². The number of nitrogen functional groups attached to an aromatic ring is 2. The van der Waals surface area contributed by atoms with Gasteiger partial charge in [0.15, 0.2) is 0 Å². The van der Waals surface area contributed by atoms with E-state index in [9.17, 15) is 4.79 Å². The number of anilines is 2. The first-order valence-electron chi connectivity index (χ1n) is 16.4. The summed E-state index contributed by atoms with van der Waals surface area (Å²) in [6.07, 6.45) is 0. The van der Waals surface area contributed by atoms with Gasteiger partial charge in [-0.05, 0) is 20.8 Å². The molecule has 0 atom stereocenters. The molecule has 1 aliphatic rings. The topological polar surface area (TPSA) is 126 Å². The summed E-state index contributed by atoms with van der Waals surface area (Å²) in [4.78, 5) is 15.5. The Morgan fingerprint density at radius 3 is 1.53 bits per heavy atom. The number of quaternary nitrogens is 1. The van der Waals surface area contributed by atoms with Crippen LogP contribution in [0, 0.1) is 0 Å². The van der Waals surface area contributed by atoms with Crippen molar-refractivity contribution in [2.24, 2.45) is 5.16 Å². The second kappa shape index (κ2) is 15.3. The maximum atomic E-state index is 13.8. The molecule has 1 heterocycles. The van der Waals surface area contributed by atoms with Gasteiger partial charge in [0, 0.05) is 0 Å². The molecular weight excluding hydrogens is 819 g/mol. The van der Waals surface area contributed by atoms with E-state index in [0.29, 0.717) is 36.8 Å². The molecule has 0 saturated heterocycles. The Morgan fingerprint density at radius 2 is 1.12 bits per heavy atom. The fraction of sp³-hybridized carbons (Fsp3) is 0.158. The van der Waals surface area contributed by atoms with Gasteiger partial charge < -0.3 is 4.90 Å². The quantitative estimate of drug-likeness (QED) is 0.0850. The minimum absolute atomic E-state index is 0.0328. The van der Waals surface area contributed by atoms with E-state index in [1.165, 1.54) is 19.6 Å². The molecule has 1 aliphatic heterocycles. The summed E-state index contributed by atoms with van der Waals surface area (Å²) in [6.45, 7) is 10.5. The van der Waals surface area contributed by atoms with E-state index < -0.39 is 23.2 Å². The molecule has 51 heavy (non-hydrogen) atoms. The van der Waals surface area contributed by atoms with Crippen molar-refractivity contribution in [3.05, 3.63) is 148 Å². The number of nitrogens with two attached hydrogens (primary N) is 2. The molecular formula is C38H41Cl3N5O4Sb. The number of benzene rings is 5. The van der Waals surface area contributed by atoms with Crippen LogP contribution >= 0.6 is 34.8 Å². The maximum absolute atomic E-state index is 13.8. The minimum atomic E-state index is -7.18. The first kappa shape index (κ1) is 38.3. The van der Waals surface area contributed by atoms with E-state index in [1.807, 2.05) is 0 Å². The monoisotopic (exact) mass is 857 g/mol. The van der Waals surface area contributed by atoms with Gasteiger partial charge in [0.25, 0.3) is 0 Å². The van der Waals surface area contributed by atoms with Crippen LogP contribution in [-0.4, -0.2) is 48.7 Å². The molecule has 13 heteroatoms. The van der Waals surface area contributed by atoms with E-state index in [2.05, 4.69) is 31.4 Å². The number of nitrogens with zero attached hydrogens (tertiary/aromatic N) is 1. The van der Waals surface area contributed by atoms with Gasteiger partial charge in [0.05, 0.1) is 19.6 Å². The number of carbonyl (C=O) groups excluding carboxylic acids is 1. The van der Waals surface area contributed by atoms with Crippen molar-refractivity contribution in [2.45, 2.75) is 20.8 Å². The first-order chi connectivity index (χ1) is 24.5. The molecule has 0 fully saturated rings. The summed E-state index contributed by atoms with van der Waals surface area (Å²) in [5.74, 6) is -0.615. The number of nitrogens with one attached hydrogen (secondary N) is 2. The van der Waals surface area contributed by atoms with Crippen LogP contribution in [0.15, 0.2) is 126 Å². The van der Waals surface area contributed by atoms with Gasteiger partial charge in [-0.1, -0.05) is 0 Å². The molecule has 0 aliphatic carbocycles. The van der Waals surface area contributed by atoms with E-state index in [-0.39, 0.29) is 17.1 Å². The number of amides is 1. The number of halogens is 3. The van der Waals surface area contributed by atoms with E-state index in [1.54, 1.807) is 126 Å². The second-order valence-corrected chi connectivity index (χ2v) is 27.0. The Morgan fingerprint density at radius 1 is 0.686 bits per heavy atom. The van der Waals surface area contributed by atoms with Crippen molar-refractivity contribution in [1.29, 1.82) is 0 Å². The first-order valence-corrected chi connectivity index (χ1v) is 24.5. The van der Waals surface area contributed by atoms with Gasteiger partial charge in [-0.3, -0.25) is 0 Å². The zero-order chi connectivity index (χ0) is 36.7. The van der Waals surface area contributed by atoms with Crippen LogP contribution in [0.25, 0.3) is 0 Å². The molecule has 6 rings (SSSR count). The third kappa shape index (κ3) is 6.75. The zero-order valence-electron chi connectivity index (χ0n) is 28.5. The summed E-state index contributed by atoms with van der Waals surface area (Å²) >= 11 is 12.0. The Kier molecular flexibility index (Phi) is 11.5. The predicted molar refractivity (Wildman–Crippen MR) is 211 cm³/mol. The van der Waals surface area contributed by atoms with Gasteiger partial charge in [-0.25, -0.2) is 0 Å². The average molecular weight is 860 g/mol. The molecule has 5 aromatic rings. The summed E-state index contributed by atoms with van der Waals surface area (Å²) in [6, 6.07) is 34.0. The molecule has 0 unspecified atom stereocenters. The number of para-hydroxylation sites is 2. The van der Waals surface area contributed by atoms with Crippen LogP contribution in [0.1, 0.15) is 36.7 Å². The number of hydroxylamine groups is 1. The van der Waals surface area contributed by atoms with Crippen molar-refractivity contribution in [2.75, 3.05) is 31.1 Å². The molecule has 0 bridgehead atoms. The van der Waals surface area contributed by atoms with Gasteiger partial charge in [0.2, 0.25) is 0 Å². The Labute approximate surface area is 312 Å². The Hall–Kier alpha value is -3.95. The number of oxime groups is 1. The molecule has 5 aromatic carbocycles. The molecule has 0 spiro atoms. The van der Waals surface area contributed by atoms with Crippen LogP contribution in [0.5, 0.6) is 0 Å². The van der Waals surface area contributed by atoms with Gasteiger partial charge >= 0.3 is 269 Å². The molecule has 6 N–H and O–H groups in total. The fourth-order valence-electron chi connectivity index (χ4n) is 6.07. The molecule has 9 nitrogen and oxygen atoms in total. The van der Waals surface area contributed by atoms with E-state index in [0.717, 1.165) is 0 Å². The van der Waals surface area contributed by atoms with Crippen molar-refractivity contribution >= 4 is 85.8 Å². The molecule has 268 valence electrons. The average Bonchev–Trinajstić information content (AvgIpc) is 3.52. The summed E-state index contributed by atoms with van der Waals surface area (Å²) in [5, 5.41) is 5.86. The van der Waals surface area contributed by atoms with Crippen molar-refractivity contribution in [1.82, 2.24) is 5.48 Å². The molecule has 1 amide bonds. The van der Waals surface area contributed by atoms with Gasteiger partial charge in [-0.2, -0.15) is 0 Å². The molecule has 0 saturated carbocycles. The Balaban J connectivity index is 0.000000654. The van der Waals surface area contributed by atoms with Gasteiger partial charge in [-0.15, -0.1) is 0 Å².